The van der Waals surface area contributed by atoms with Crippen LogP contribution in [0.4, 0.5) is 0 Å². The van der Waals surface area contributed by atoms with Gasteiger partial charge in [-0.15, -0.1) is 0 Å². The summed E-state index contributed by atoms with van der Waals surface area (Å²) < 4.78 is 28.0. The van der Waals surface area contributed by atoms with E-state index in [1.807, 2.05) is 23.1 Å². The van der Waals surface area contributed by atoms with E-state index in [0.29, 0.717) is 18.0 Å². The third-order valence-electron chi connectivity index (χ3n) is 5.12. The number of benzene rings is 2. The predicted molar refractivity (Wildman–Crippen MR) is 94.5 cm³/mol. The normalized spacial score (nSPS) is 25.3. The molecule has 6 heteroatoms. The Labute approximate surface area is 147 Å². The smallest absolute Gasteiger partial charge is 0.254 e. The van der Waals surface area contributed by atoms with Crippen molar-refractivity contribution in [3.8, 4) is 0 Å². The van der Waals surface area contributed by atoms with E-state index in [2.05, 4.69) is 4.72 Å². The number of piperidine rings is 1. The van der Waals surface area contributed by atoms with Crippen LogP contribution in [0.15, 0.2) is 65.6 Å². The van der Waals surface area contributed by atoms with Gasteiger partial charge in [-0.25, -0.2) is 13.1 Å². The van der Waals surface area contributed by atoms with E-state index in [4.69, 9.17) is 0 Å². The van der Waals surface area contributed by atoms with E-state index in [0.717, 1.165) is 12.8 Å². The molecule has 2 fully saturated rings. The number of likely N-dealkylation sites (tertiary alicyclic amines) is 1. The monoisotopic (exact) mass is 356 g/mol. The maximum Gasteiger partial charge on any atom is 0.254 e. The summed E-state index contributed by atoms with van der Waals surface area (Å²) in [5, 5.41) is 0. The Morgan fingerprint density at radius 2 is 1.60 bits per heavy atom. The van der Waals surface area contributed by atoms with E-state index in [1.54, 1.807) is 42.5 Å². The average Bonchev–Trinajstić information content (AvgIpc) is 3.22. The zero-order chi connectivity index (χ0) is 17.4. The SMILES string of the molecule is O=C(c1ccccc1)N1CC2CC(NS(=O)(=O)c3ccccc3)C1C2. The summed E-state index contributed by atoms with van der Waals surface area (Å²) >= 11 is 0. The molecule has 1 saturated carbocycles. The van der Waals surface area contributed by atoms with E-state index in [9.17, 15) is 13.2 Å². The van der Waals surface area contributed by atoms with Crippen molar-refractivity contribution in [1.29, 1.82) is 0 Å². The molecule has 5 nitrogen and oxygen atoms in total. The molecule has 3 unspecified atom stereocenters. The van der Waals surface area contributed by atoms with Gasteiger partial charge in [0, 0.05) is 24.2 Å². The second kappa shape index (κ2) is 6.28. The fourth-order valence-corrected chi connectivity index (χ4v) is 5.30. The van der Waals surface area contributed by atoms with Crippen molar-refractivity contribution in [2.45, 2.75) is 29.8 Å². The number of carbonyl (C=O) groups excluding carboxylic acids is 1. The molecule has 1 N–H and O–H groups in total. The Kier molecular flexibility index (Phi) is 4.09. The molecule has 0 aromatic heterocycles. The fraction of sp³-hybridized carbons (Fsp3) is 0.316. The zero-order valence-electron chi connectivity index (χ0n) is 13.7. The Morgan fingerprint density at radius 3 is 2.24 bits per heavy atom. The topological polar surface area (TPSA) is 66.5 Å². The van der Waals surface area contributed by atoms with Gasteiger partial charge in [-0.3, -0.25) is 4.79 Å². The van der Waals surface area contributed by atoms with Gasteiger partial charge in [0.15, 0.2) is 0 Å². The Morgan fingerprint density at radius 1 is 0.960 bits per heavy atom. The van der Waals surface area contributed by atoms with E-state index in [1.165, 1.54) is 0 Å². The first-order chi connectivity index (χ1) is 12.0. The molecule has 0 spiro atoms. The molecule has 25 heavy (non-hydrogen) atoms. The van der Waals surface area contributed by atoms with E-state index in [-0.39, 0.29) is 22.9 Å². The summed E-state index contributed by atoms with van der Waals surface area (Å²) in [5.74, 6) is 0.345. The van der Waals surface area contributed by atoms with Crippen LogP contribution in [0.1, 0.15) is 23.2 Å². The van der Waals surface area contributed by atoms with Crippen LogP contribution in [0.5, 0.6) is 0 Å². The van der Waals surface area contributed by atoms with Crippen molar-refractivity contribution in [2.24, 2.45) is 5.92 Å². The molecule has 1 amide bonds. The maximum absolute atomic E-state index is 12.8. The summed E-state index contributed by atoms with van der Waals surface area (Å²) in [7, 11) is -3.57. The van der Waals surface area contributed by atoms with Crippen molar-refractivity contribution >= 4 is 15.9 Å². The number of hydrogen-bond donors (Lipinski definition) is 1. The quantitative estimate of drug-likeness (QED) is 0.914. The molecule has 1 aliphatic heterocycles. The van der Waals surface area contributed by atoms with Gasteiger partial charge in [0.25, 0.3) is 5.91 Å². The summed E-state index contributed by atoms with van der Waals surface area (Å²) in [6, 6.07) is 17.3. The molecule has 1 saturated heterocycles. The van der Waals surface area contributed by atoms with E-state index < -0.39 is 10.0 Å². The number of sulfonamides is 1. The van der Waals surface area contributed by atoms with Crippen molar-refractivity contribution in [3.05, 3.63) is 66.2 Å². The third-order valence-corrected chi connectivity index (χ3v) is 6.63. The molecule has 3 atom stereocenters. The first-order valence-corrected chi connectivity index (χ1v) is 9.96. The Bertz CT molecular complexity index is 868. The highest BCUT2D eigenvalue weighted by atomic mass is 32.2. The van der Waals surface area contributed by atoms with E-state index >= 15 is 0 Å². The van der Waals surface area contributed by atoms with Gasteiger partial charge >= 0.3 is 0 Å². The Hall–Kier alpha value is -2.18. The van der Waals surface area contributed by atoms with Crippen LogP contribution >= 0.6 is 0 Å². The Balaban J connectivity index is 1.53. The average molecular weight is 356 g/mol. The van der Waals surface area contributed by atoms with Crippen LogP contribution < -0.4 is 4.72 Å². The second-order valence-electron chi connectivity index (χ2n) is 6.77. The number of nitrogens with zero attached hydrogens (tertiary/aromatic N) is 1. The molecular formula is C19H20N2O3S. The summed E-state index contributed by atoms with van der Waals surface area (Å²) in [5.41, 5.74) is 0.653. The van der Waals surface area contributed by atoms with Gasteiger partial charge in [-0.2, -0.15) is 0 Å². The number of rotatable bonds is 4. The zero-order valence-corrected chi connectivity index (χ0v) is 14.5. The summed E-state index contributed by atoms with van der Waals surface area (Å²) in [6.07, 6.45) is 1.65. The van der Waals surface area contributed by atoms with Gasteiger partial charge in [0.2, 0.25) is 10.0 Å². The van der Waals surface area contributed by atoms with Crippen LogP contribution in [0, 0.1) is 5.92 Å². The highest BCUT2D eigenvalue weighted by molar-refractivity contribution is 7.89. The molecule has 1 heterocycles. The number of fused-ring (bicyclic) bond motifs is 2. The molecule has 2 aliphatic rings. The fourth-order valence-electron chi connectivity index (χ4n) is 4.00. The van der Waals surface area contributed by atoms with Crippen molar-refractivity contribution in [3.63, 3.8) is 0 Å². The minimum Gasteiger partial charge on any atom is -0.334 e. The molecule has 1 aliphatic carbocycles. The first kappa shape index (κ1) is 16.3. The molecule has 0 radical (unpaired) electrons. The maximum atomic E-state index is 12.8. The molecule has 2 aromatic carbocycles. The van der Waals surface area contributed by atoms with Crippen molar-refractivity contribution in [1.82, 2.24) is 9.62 Å². The lowest BCUT2D eigenvalue weighted by Gasteiger charge is -2.33. The van der Waals surface area contributed by atoms with Gasteiger partial charge in [-0.1, -0.05) is 36.4 Å². The highest BCUT2D eigenvalue weighted by Crippen LogP contribution is 2.39. The minimum absolute atomic E-state index is 0.0169. The van der Waals surface area contributed by atoms with Gasteiger partial charge in [0.05, 0.1) is 4.90 Å². The molecular weight excluding hydrogens is 336 g/mol. The molecule has 2 aromatic rings. The first-order valence-electron chi connectivity index (χ1n) is 8.48. The number of carbonyl (C=O) groups is 1. The van der Waals surface area contributed by atoms with Crippen LogP contribution in [-0.2, 0) is 10.0 Å². The van der Waals surface area contributed by atoms with Crippen molar-refractivity contribution in [2.75, 3.05) is 6.54 Å². The van der Waals surface area contributed by atoms with Crippen LogP contribution in [0.25, 0.3) is 0 Å². The van der Waals surface area contributed by atoms with Gasteiger partial charge in [0.1, 0.15) is 0 Å². The number of amides is 1. The third kappa shape index (κ3) is 3.07. The summed E-state index contributed by atoms with van der Waals surface area (Å²) in [6.45, 7) is 0.710. The lowest BCUT2D eigenvalue weighted by atomic mass is 10.1. The lowest BCUT2D eigenvalue weighted by Crippen LogP contribution is -2.51. The van der Waals surface area contributed by atoms with Crippen LogP contribution in [0.3, 0.4) is 0 Å². The number of hydrogen-bond acceptors (Lipinski definition) is 3. The van der Waals surface area contributed by atoms with Gasteiger partial charge in [-0.05, 0) is 43.0 Å². The minimum atomic E-state index is -3.57. The molecule has 2 bridgehead atoms. The van der Waals surface area contributed by atoms with Gasteiger partial charge < -0.3 is 4.90 Å². The second-order valence-corrected chi connectivity index (χ2v) is 8.48. The van der Waals surface area contributed by atoms with Crippen LogP contribution in [-0.4, -0.2) is 37.9 Å². The number of nitrogens with one attached hydrogen (secondary N) is 1. The summed E-state index contributed by atoms with van der Waals surface area (Å²) in [4.78, 5) is 14.9. The molecule has 4 rings (SSSR count). The predicted octanol–water partition coefficient (Wildman–Crippen LogP) is 2.27. The van der Waals surface area contributed by atoms with Crippen LogP contribution in [0.2, 0.25) is 0 Å². The highest BCUT2D eigenvalue weighted by Gasteiger charge is 2.48. The van der Waals surface area contributed by atoms with Crippen molar-refractivity contribution < 1.29 is 13.2 Å². The lowest BCUT2D eigenvalue weighted by molar-refractivity contribution is 0.0678. The standard InChI is InChI=1S/C19H20N2O3S/c22-19(15-7-3-1-4-8-15)21-13-14-11-17(18(21)12-14)20-25(23,24)16-9-5-2-6-10-16/h1-10,14,17-18,20H,11-13H2. The molecule has 130 valence electrons. The largest absolute Gasteiger partial charge is 0.334 e.